The number of hydrogen-bond acceptors (Lipinski definition) is 3. The zero-order valence-corrected chi connectivity index (χ0v) is 11.3. The van der Waals surface area contributed by atoms with Gasteiger partial charge in [0, 0.05) is 20.2 Å². The zero-order valence-electron chi connectivity index (χ0n) is 10.5. The molecule has 19 heavy (non-hydrogen) atoms. The molecule has 0 unspecified atom stereocenters. The van der Waals surface area contributed by atoms with Gasteiger partial charge in [0.1, 0.15) is 11.0 Å². The molecule has 0 aliphatic carbocycles. The van der Waals surface area contributed by atoms with E-state index in [-0.39, 0.29) is 16.6 Å². The van der Waals surface area contributed by atoms with E-state index in [1.165, 1.54) is 0 Å². The number of carbonyl (C=O) groups excluding carboxylic acids is 1. The normalized spacial score (nSPS) is 15.3. The number of pyridine rings is 1. The Labute approximate surface area is 115 Å². The van der Waals surface area contributed by atoms with E-state index in [1.54, 1.807) is 12.0 Å². The number of hydrogen-bond donors (Lipinski definition) is 0. The SMILES string of the molecule is COCC1=CCN(C(=O)c2cc(F)cnc2Cl)CC1. The monoisotopic (exact) mass is 284 g/mol. The molecular formula is C13H14ClFN2O2. The van der Waals surface area contributed by atoms with Crippen LogP contribution in [0, 0.1) is 5.82 Å². The van der Waals surface area contributed by atoms with Crippen molar-refractivity contribution >= 4 is 17.5 Å². The van der Waals surface area contributed by atoms with E-state index in [1.807, 2.05) is 6.08 Å². The molecule has 6 heteroatoms. The lowest BCUT2D eigenvalue weighted by Gasteiger charge is -2.26. The number of aromatic nitrogens is 1. The molecule has 4 nitrogen and oxygen atoms in total. The maximum absolute atomic E-state index is 13.1. The lowest BCUT2D eigenvalue weighted by molar-refractivity contribution is 0.0764. The maximum atomic E-state index is 13.1. The Morgan fingerprint density at radius 2 is 2.42 bits per heavy atom. The van der Waals surface area contributed by atoms with Crippen LogP contribution in [-0.2, 0) is 4.74 Å². The van der Waals surface area contributed by atoms with Gasteiger partial charge in [0.05, 0.1) is 18.4 Å². The summed E-state index contributed by atoms with van der Waals surface area (Å²) in [5, 5.41) is 0.0260. The highest BCUT2D eigenvalue weighted by Gasteiger charge is 2.21. The fourth-order valence-electron chi connectivity index (χ4n) is 1.96. The summed E-state index contributed by atoms with van der Waals surface area (Å²) in [6, 6.07) is 1.12. The number of ether oxygens (including phenoxy) is 1. The van der Waals surface area contributed by atoms with E-state index in [0.29, 0.717) is 19.7 Å². The van der Waals surface area contributed by atoms with Crippen molar-refractivity contribution in [3.8, 4) is 0 Å². The summed E-state index contributed by atoms with van der Waals surface area (Å²) in [5.41, 5.74) is 1.26. The van der Waals surface area contributed by atoms with Gasteiger partial charge < -0.3 is 9.64 Å². The number of nitrogens with zero attached hydrogens (tertiary/aromatic N) is 2. The summed E-state index contributed by atoms with van der Waals surface area (Å²) in [6.07, 6.45) is 3.69. The Bertz CT molecular complexity index is 519. The first kappa shape index (κ1) is 14.0. The third kappa shape index (κ3) is 3.30. The highest BCUT2D eigenvalue weighted by molar-refractivity contribution is 6.32. The van der Waals surface area contributed by atoms with Crippen LogP contribution in [0.3, 0.4) is 0 Å². The molecule has 1 amide bonds. The number of halogens is 2. The second kappa shape index (κ2) is 6.12. The molecule has 0 N–H and O–H groups in total. The lowest BCUT2D eigenvalue weighted by atomic mass is 10.1. The maximum Gasteiger partial charge on any atom is 0.257 e. The van der Waals surface area contributed by atoms with Crippen molar-refractivity contribution in [2.45, 2.75) is 6.42 Å². The zero-order chi connectivity index (χ0) is 13.8. The summed E-state index contributed by atoms with van der Waals surface area (Å²) in [5.74, 6) is -0.870. The van der Waals surface area contributed by atoms with Crippen LogP contribution in [0.1, 0.15) is 16.8 Å². The van der Waals surface area contributed by atoms with Gasteiger partial charge in [-0.2, -0.15) is 0 Å². The van der Waals surface area contributed by atoms with Crippen molar-refractivity contribution in [2.75, 3.05) is 26.8 Å². The fourth-order valence-corrected chi connectivity index (χ4v) is 2.14. The van der Waals surface area contributed by atoms with Crippen molar-refractivity contribution in [3.63, 3.8) is 0 Å². The minimum absolute atomic E-state index is 0.0260. The molecule has 2 rings (SSSR count). The predicted octanol–water partition coefficient (Wildman–Crippen LogP) is 2.29. The minimum atomic E-state index is -0.569. The van der Waals surface area contributed by atoms with Crippen molar-refractivity contribution in [3.05, 3.63) is 40.4 Å². The van der Waals surface area contributed by atoms with E-state index >= 15 is 0 Å². The molecule has 1 aromatic rings. The minimum Gasteiger partial charge on any atom is -0.380 e. The summed E-state index contributed by atoms with van der Waals surface area (Å²) in [6.45, 7) is 1.62. The molecule has 0 aromatic carbocycles. The summed E-state index contributed by atoms with van der Waals surface area (Å²) < 4.78 is 18.2. The molecule has 0 spiro atoms. The van der Waals surface area contributed by atoms with Gasteiger partial charge in [-0.25, -0.2) is 9.37 Å². The molecule has 102 valence electrons. The summed E-state index contributed by atoms with van der Waals surface area (Å²) >= 11 is 5.83. The average Bonchev–Trinajstić information content (AvgIpc) is 2.42. The molecule has 0 saturated carbocycles. The van der Waals surface area contributed by atoms with Gasteiger partial charge in [-0.05, 0) is 18.1 Å². The van der Waals surface area contributed by atoms with Gasteiger partial charge in [-0.15, -0.1) is 0 Å². The Kier molecular flexibility index (Phi) is 4.50. The first-order valence-corrected chi connectivity index (χ1v) is 6.26. The first-order chi connectivity index (χ1) is 9.11. The van der Waals surface area contributed by atoms with E-state index in [2.05, 4.69) is 4.98 Å². The van der Waals surface area contributed by atoms with E-state index in [9.17, 15) is 9.18 Å². The largest absolute Gasteiger partial charge is 0.380 e. The first-order valence-electron chi connectivity index (χ1n) is 5.89. The Balaban J connectivity index is 2.11. The molecule has 2 heterocycles. The van der Waals surface area contributed by atoms with Crippen LogP contribution in [0.2, 0.25) is 5.15 Å². The van der Waals surface area contributed by atoms with Gasteiger partial charge in [0.2, 0.25) is 0 Å². The van der Waals surface area contributed by atoms with E-state index in [4.69, 9.17) is 16.3 Å². The smallest absolute Gasteiger partial charge is 0.257 e. The fraction of sp³-hybridized carbons (Fsp3) is 0.385. The number of rotatable bonds is 3. The quantitative estimate of drug-likeness (QED) is 0.632. The topological polar surface area (TPSA) is 42.4 Å². The van der Waals surface area contributed by atoms with Crippen LogP contribution in [-0.4, -0.2) is 42.6 Å². The molecule has 1 aromatic heterocycles. The predicted molar refractivity (Wildman–Crippen MR) is 69.7 cm³/mol. The van der Waals surface area contributed by atoms with Crippen molar-refractivity contribution in [2.24, 2.45) is 0 Å². The molecule has 0 atom stereocenters. The van der Waals surface area contributed by atoms with Crippen LogP contribution in [0.25, 0.3) is 0 Å². The summed E-state index contributed by atoms with van der Waals surface area (Å²) in [7, 11) is 1.64. The van der Waals surface area contributed by atoms with Gasteiger partial charge in [-0.1, -0.05) is 17.7 Å². The third-order valence-electron chi connectivity index (χ3n) is 2.96. The van der Waals surface area contributed by atoms with Crippen LogP contribution in [0.15, 0.2) is 23.9 Å². The van der Waals surface area contributed by atoms with Gasteiger partial charge in [-0.3, -0.25) is 4.79 Å². The second-order valence-corrected chi connectivity index (χ2v) is 4.65. The van der Waals surface area contributed by atoms with Gasteiger partial charge in [0.15, 0.2) is 0 Å². The van der Waals surface area contributed by atoms with Gasteiger partial charge >= 0.3 is 0 Å². The summed E-state index contributed by atoms with van der Waals surface area (Å²) in [4.78, 5) is 17.5. The molecule has 1 aliphatic heterocycles. The molecule has 0 saturated heterocycles. The van der Waals surface area contributed by atoms with E-state index in [0.717, 1.165) is 24.3 Å². The Morgan fingerprint density at radius 1 is 1.63 bits per heavy atom. The molecule has 1 aliphatic rings. The molecule has 0 fully saturated rings. The average molecular weight is 285 g/mol. The van der Waals surface area contributed by atoms with Crippen molar-refractivity contribution in [1.29, 1.82) is 0 Å². The molecule has 0 bridgehead atoms. The Hall–Kier alpha value is -1.46. The highest BCUT2D eigenvalue weighted by atomic mass is 35.5. The number of amides is 1. The lowest BCUT2D eigenvalue weighted by Crippen LogP contribution is -2.35. The van der Waals surface area contributed by atoms with Crippen LogP contribution < -0.4 is 0 Å². The van der Waals surface area contributed by atoms with Gasteiger partial charge in [0.25, 0.3) is 5.91 Å². The standard InChI is InChI=1S/C13H14ClFN2O2/c1-19-8-9-2-4-17(5-3-9)13(18)11-6-10(15)7-16-12(11)14/h2,6-7H,3-5,8H2,1H3. The third-order valence-corrected chi connectivity index (χ3v) is 3.26. The van der Waals surface area contributed by atoms with Crippen LogP contribution in [0.5, 0.6) is 0 Å². The number of methoxy groups -OCH3 is 1. The molecule has 0 radical (unpaired) electrons. The van der Waals surface area contributed by atoms with E-state index < -0.39 is 5.82 Å². The highest BCUT2D eigenvalue weighted by Crippen LogP contribution is 2.19. The van der Waals surface area contributed by atoms with Crippen LogP contribution in [0.4, 0.5) is 4.39 Å². The van der Waals surface area contributed by atoms with Crippen LogP contribution >= 0.6 is 11.6 Å². The molecular weight excluding hydrogens is 271 g/mol. The van der Waals surface area contributed by atoms with Crippen molar-refractivity contribution in [1.82, 2.24) is 9.88 Å². The number of carbonyl (C=O) groups is 1. The van der Waals surface area contributed by atoms with Crippen molar-refractivity contribution < 1.29 is 13.9 Å². The Morgan fingerprint density at radius 3 is 3.05 bits per heavy atom. The second-order valence-electron chi connectivity index (χ2n) is 4.29.